The fourth-order valence-corrected chi connectivity index (χ4v) is 2.35. The van der Waals surface area contributed by atoms with Gasteiger partial charge in [-0.1, -0.05) is 5.16 Å². The molecule has 0 unspecified atom stereocenters. The molecule has 3 rings (SSSR count). The molecule has 0 aliphatic rings. The highest BCUT2D eigenvalue weighted by Crippen LogP contribution is 2.05. The largest absolute Gasteiger partial charge is 0.456 e. The highest BCUT2D eigenvalue weighted by atomic mass is 16.5. The van der Waals surface area contributed by atoms with Crippen LogP contribution < -0.4 is 11.2 Å². The number of aryl methyl sites for hydroxylation is 3. The number of imidazole rings is 1. The SMILES string of the molecule is Cc1cc(COC(=O)Cn2c(=O)c3c(ncn3C)n(C)c2=O)on1. The highest BCUT2D eigenvalue weighted by Gasteiger charge is 2.17. The number of hydrogen-bond acceptors (Lipinski definition) is 7. The van der Waals surface area contributed by atoms with Crippen molar-refractivity contribution in [2.75, 3.05) is 0 Å². The van der Waals surface area contributed by atoms with E-state index in [0.29, 0.717) is 11.5 Å². The van der Waals surface area contributed by atoms with Crippen molar-refractivity contribution in [3.63, 3.8) is 0 Å². The van der Waals surface area contributed by atoms with Crippen LogP contribution in [0, 0.1) is 6.92 Å². The Kier molecular flexibility index (Phi) is 3.80. The Morgan fingerprint density at radius 2 is 2.08 bits per heavy atom. The van der Waals surface area contributed by atoms with Crippen molar-refractivity contribution in [2.45, 2.75) is 20.1 Å². The van der Waals surface area contributed by atoms with E-state index in [0.717, 1.165) is 4.57 Å². The van der Waals surface area contributed by atoms with Gasteiger partial charge in [-0.05, 0) is 6.92 Å². The van der Waals surface area contributed by atoms with Gasteiger partial charge < -0.3 is 13.8 Å². The van der Waals surface area contributed by atoms with Gasteiger partial charge in [0.25, 0.3) is 5.56 Å². The van der Waals surface area contributed by atoms with Gasteiger partial charge in [-0.2, -0.15) is 0 Å². The van der Waals surface area contributed by atoms with Crippen molar-refractivity contribution in [3.8, 4) is 0 Å². The number of carbonyl (C=O) groups is 1. The molecular weight excluding hydrogens is 318 g/mol. The van der Waals surface area contributed by atoms with E-state index in [1.165, 1.54) is 22.5 Å². The molecule has 126 valence electrons. The van der Waals surface area contributed by atoms with E-state index >= 15 is 0 Å². The molecule has 3 aromatic heterocycles. The zero-order valence-corrected chi connectivity index (χ0v) is 13.3. The van der Waals surface area contributed by atoms with Gasteiger partial charge in [0, 0.05) is 20.2 Å². The van der Waals surface area contributed by atoms with E-state index < -0.39 is 23.8 Å². The van der Waals surface area contributed by atoms with E-state index in [1.54, 1.807) is 20.0 Å². The number of nitrogens with zero attached hydrogens (tertiary/aromatic N) is 5. The minimum Gasteiger partial charge on any atom is -0.456 e. The van der Waals surface area contributed by atoms with Crippen molar-refractivity contribution in [3.05, 3.63) is 44.7 Å². The molecule has 0 aliphatic carbocycles. The summed E-state index contributed by atoms with van der Waals surface area (Å²) in [5.74, 6) is -0.354. The Morgan fingerprint density at radius 3 is 2.75 bits per heavy atom. The second kappa shape index (κ2) is 5.80. The summed E-state index contributed by atoms with van der Waals surface area (Å²) in [5, 5.41) is 3.67. The van der Waals surface area contributed by atoms with E-state index in [2.05, 4.69) is 10.1 Å². The van der Waals surface area contributed by atoms with E-state index in [-0.39, 0.29) is 17.8 Å². The molecule has 0 fully saturated rings. The lowest BCUT2D eigenvalue weighted by molar-refractivity contribution is -0.146. The first kappa shape index (κ1) is 15.7. The number of hydrogen-bond donors (Lipinski definition) is 0. The summed E-state index contributed by atoms with van der Waals surface area (Å²) < 4.78 is 13.5. The summed E-state index contributed by atoms with van der Waals surface area (Å²) in [6.07, 6.45) is 1.43. The van der Waals surface area contributed by atoms with Crippen LogP contribution in [-0.2, 0) is 36.8 Å². The van der Waals surface area contributed by atoms with Crippen LogP contribution in [0.25, 0.3) is 11.2 Å². The second-order valence-corrected chi connectivity index (χ2v) is 5.36. The van der Waals surface area contributed by atoms with Gasteiger partial charge in [0.05, 0.1) is 12.0 Å². The number of rotatable bonds is 4. The molecule has 3 heterocycles. The first-order chi connectivity index (χ1) is 11.4. The Bertz CT molecular complexity index is 1040. The average molecular weight is 333 g/mol. The fourth-order valence-electron chi connectivity index (χ4n) is 2.35. The third kappa shape index (κ3) is 2.62. The summed E-state index contributed by atoms with van der Waals surface area (Å²) in [6.45, 7) is 1.11. The van der Waals surface area contributed by atoms with Crippen molar-refractivity contribution >= 4 is 17.1 Å². The van der Waals surface area contributed by atoms with Gasteiger partial charge in [0.15, 0.2) is 23.5 Å². The maximum absolute atomic E-state index is 12.4. The minimum absolute atomic E-state index is 0.122. The van der Waals surface area contributed by atoms with Gasteiger partial charge in [-0.25, -0.2) is 14.3 Å². The lowest BCUT2D eigenvalue weighted by Crippen LogP contribution is -2.41. The van der Waals surface area contributed by atoms with Crippen molar-refractivity contribution < 1.29 is 14.1 Å². The summed E-state index contributed by atoms with van der Waals surface area (Å²) in [7, 11) is 3.12. The lowest BCUT2D eigenvalue weighted by atomic mass is 10.4. The van der Waals surface area contributed by atoms with E-state index in [9.17, 15) is 14.4 Å². The Hall–Kier alpha value is -3.17. The van der Waals surface area contributed by atoms with Crippen LogP contribution in [0.3, 0.4) is 0 Å². The van der Waals surface area contributed by atoms with Gasteiger partial charge in [-0.15, -0.1) is 0 Å². The Morgan fingerprint density at radius 1 is 1.33 bits per heavy atom. The van der Waals surface area contributed by atoms with E-state index in [4.69, 9.17) is 9.26 Å². The molecule has 0 radical (unpaired) electrons. The van der Waals surface area contributed by atoms with Crippen LogP contribution in [0.1, 0.15) is 11.5 Å². The maximum atomic E-state index is 12.4. The predicted octanol–water partition coefficient (Wildman–Crippen LogP) is -0.526. The Balaban J connectivity index is 1.87. The van der Waals surface area contributed by atoms with Crippen molar-refractivity contribution in [2.24, 2.45) is 14.1 Å². The molecule has 10 nitrogen and oxygen atoms in total. The highest BCUT2D eigenvalue weighted by molar-refractivity contribution is 5.72. The molecule has 0 aromatic carbocycles. The van der Waals surface area contributed by atoms with Gasteiger partial charge in [0.1, 0.15) is 6.54 Å². The Labute approximate surface area is 134 Å². The molecule has 24 heavy (non-hydrogen) atoms. The van der Waals surface area contributed by atoms with Crippen LogP contribution in [0.15, 0.2) is 26.5 Å². The molecule has 0 N–H and O–H groups in total. The third-order valence-electron chi connectivity index (χ3n) is 3.54. The van der Waals surface area contributed by atoms with Gasteiger partial charge in [-0.3, -0.25) is 14.2 Å². The zero-order valence-electron chi connectivity index (χ0n) is 13.3. The van der Waals surface area contributed by atoms with Crippen LogP contribution in [0.2, 0.25) is 0 Å². The summed E-state index contributed by atoms with van der Waals surface area (Å²) in [4.78, 5) is 40.7. The van der Waals surface area contributed by atoms with E-state index in [1.807, 2.05) is 0 Å². The molecule has 0 atom stereocenters. The second-order valence-electron chi connectivity index (χ2n) is 5.36. The van der Waals surface area contributed by atoms with Crippen LogP contribution in [0.5, 0.6) is 0 Å². The topological polar surface area (TPSA) is 114 Å². The van der Waals surface area contributed by atoms with Crippen molar-refractivity contribution in [1.29, 1.82) is 0 Å². The van der Waals surface area contributed by atoms with Gasteiger partial charge in [0.2, 0.25) is 0 Å². The molecule has 3 aromatic rings. The number of carbonyl (C=O) groups excluding carboxylic acids is 1. The average Bonchev–Trinajstić information content (AvgIpc) is 3.13. The first-order valence-corrected chi connectivity index (χ1v) is 7.07. The molecule has 0 saturated carbocycles. The molecule has 0 amide bonds. The molecule has 0 aliphatic heterocycles. The van der Waals surface area contributed by atoms with Gasteiger partial charge >= 0.3 is 11.7 Å². The molecule has 10 heteroatoms. The molecule has 0 saturated heterocycles. The fraction of sp³-hybridized carbons (Fsp3) is 0.357. The molecule has 0 spiro atoms. The lowest BCUT2D eigenvalue weighted by Gasteiger charge is -2.08. The smallest absolute Gasteiger partial charge is 0.333 e. The quantitative estimate of drug-likeness (QED) is 0.590. The number of esters is 1. The number of ether oxygens (including phenoxy) is 1. The monoisotopic (exact) mass is 333 g/mol. The summed E-state index contributed by atoms with van der Waals surface area (Å²) in [5.41, 5.74) is -0.0861. The maximum Gasteiger partial charge on any atom is 0.333 e. The molecule has 0 bridgehead atoms. The molecular formula is C14H15N5O5. The predicted molar refractivity (Wildman–Crippen MR) is 81.3 cm³/mol. The first-order valence-electron chi connectivity index (χ1n) is 7.07. The minimum atomic E-state index is -0.732. The summed E-state index contributed by atoms with van der Waals surface area (Å²) in [6, 6.07) is 1.63. The third-order valence-corrected chi connectivity index (χ3v) is 3.54. The van der Waals surface area contributed by atoms with Crippen molar-refractivity contribution in [1.82, 2.24) is 23.8 Å². The number of aromatic nitrogens is 5. The van der Waals surface area contributed by atoms with Crippen LogP contribution in [0.4, 0.5) is 0 Å². The zero-order chi connectivity index (χ0) is 17.4. The summed E-state index contributed by atoms with van der Waals surface area (Å²) >= 11 is 0. The standard InChI is InChI=1S/C14H15N5O5/c1-8-4-9(24-16-8)6-23-10(20)5-19-13(21)11-12(15-7-17(11)2)18(3)14(19)22/h4,7H,5-6H2,1-3H3. The van der Waals surface area contributed by atoms with Crippen LogP contribution >= 0.6 is 0 Å². The number of fused-ring (bicyclic) bond motifs is 1. The van der Waals surface area contributed by atoms with Crippen LogP contribution in [-0.4, -0.2) is 29.8 Å². The normalized spacial score (nSPS) is 11.1.